The van der Waals surface area contributed by atoms with E-state index in [-0.39, 0.29) is 51.0 Å². The third kappa shape index (κ3) is 4.99. The minimum Gasteiger partial charge on any atom is -0.710 e. The van der Waals surface area contributed by atoms with Gasteiger partial charge in [-0.2, -0.15) is 4.98 Å². The SMILES string of the molecule is C=CC(=O)N1CCN(c2nc(=O)n(-c3c(C)ccnc3C(C)C)c3c2cc(F)c(-c2c(Cl)ccc4ccccc24)[n+]3[O-])[C@@H](C)C1. The molecule has 45 heavy (non-hydrogen) atoms. The molecule has 1 fully saturated rings. The highest BCUT2D eigenvalue weighted by atomic mass is 35.5. The van der Waals surface area contributed by atoms with Crippen LogP contribution in [-0.2, 0) is 4.79 Å². The Bertz CT molecular complexity index is 2080. The molecule has 1 aliphatic rings. The summed E-state index contributed by atoms with van der Waals surface area (Å²) in [5, 5.41) is 16.4. The number of hydrogen-bond acceptors (Lipinski definition) is 6. The number of aryl methyl sites for hydroxylation is 1. The minimum atomic E-state index is -0.816. The van der Waals surface area contributed by atoms with Crippen LogP contribution in [0.3, 0.4) is 0 Å². The number of piperazine rings is 1. The zero-order chi connectivity index (χ0) is 32.2. The number of nitrogens with zero attached hydrogens (tertiary/aromatic N) is 6. The summed E-state index contributed by atoms with van der Waals surface area (Å²) < 4.78 is 18.2. The molecule has 1 amide bonds. The van der Waals surface area contributed by atoms with Gasteiger partial charge in [-0.15, -0.1) is 4.57 Å². The van der Waals surface area contributed by atoms with Gasteiger partial charge in [0.1, 0.15) is 5.39 Å². The Kier molecular flexibility index (Phi) is 7.78. The largest absolute Gasteiger partial charge is 0.710 e. The zero-order valence-electron chi connectivity index (χ0n) is 25.4. The van der Waals surface area contributed by atoms with Crippen LogP contribution in [0.2, 0.25) is 5.02 Å². The van der Waals surface area contributed by atoms with Crippen molar-refractivity contribution in [2.24, 2.45) is 0 Å². The van der Waals surface area contributed by atoms with E-state index in [2.05, 4.69) is 16.5 Å². The van der Waals surface area contributed by atoms with Gasteiger partial charge in [-0.1, -0.05) is 62.4 Å². The molecule has 0 radical (unpaired) electrons. The van der Waals surface area contributed by atoms with E-state index in [0.29, 0.717) is 46.7 Å². The Morgan fingerprint density at radius 3 is 2.64 bits per heavy atom. The number of hydrogen-bond donors (Lipinski definition) is 0. The van der Waals surface area contributed by atoms with Crippen molar-refractivity contribution in [2.45, 2.75) is 39.7 Å². The number of benzene rings is 2. The molecule has 4 heterocycles. The maximum atomic E-state index is 16.5. The van der Waals surface area contributed by atoms with Crippen LogP contribution >= 0.6 is 11.6 Å². The number of carbonyl (C=O) groups is 1. The standard InChI is InChI=1S/C34H32ClFN6O3/c1-6-27(43)39-15-16-40(21(5)18-39)32-24-17-26(36)31(28-23-10-8-7-9-22(23)11-12-25(28)35)42(45)33(24)41(34(44)38-32)30-20(4)13-14-37-29(30)19(2)3/h6-14,17,19,21H,1,15-16,18H2,2-5H3/t21-/m0/s1. The fraction of sp³-hybridized carbons (Fsp3) is 0.265. The summed E-state index contributed by atoms with van der Waals surface area (Å²) >= 11 is 6.68. The molecule has 0 aliphatic carbocycles. The van der Waals surface area contributed by atoms with E-state index >= 15 is 4.39 Å². The van der Waals surface area contributed by atoms with Gasteiger partial charge >= 0.3 is 11.3 Å². The molecular weight excluding hydrogens is 595 g/mol. The first-order valence-corrected chi connectivity index (χ1v) is 15.1. The van der Waals surface area contributed by atoms with Gasteiger partial charge in [0.05, 0.1) is 16.3 Å². The fourth-order valence-electron chi connectivity index (χ4n) is 6.25. The third-order valence-corrected chi connectivity index (χ3v) is 8.72. The van der Waals surface area contributed by atoms with Gasteiger partial charge in [0, 0.05) is 31.9 Å². The maximum Gasteiger partial charge on any atom is 0.442 e. The van der Waals surface area contributed by atoms with E-state index in [4.69, 9.17) is 11.6 Å². The van der Waals surface area contributed by atoms with Crippen LogP contribution in [0.1, 0.15) is 37.9 Å². The normalized spacial score (nSPS) is 15.3. The summed E-state index contributed by atoms with van der Waals surface area (Å²) in [4.78, 5) is 39.0. The second kappa shape index (κ2) is 11.6. The van der Waals surface area contributed by atoms with Crippen LogP contribution < -0.4 is 15.3 Å². The van der Waals surface area contributed by atoms with Crippen molar-refractivity contribution >= 4 is 45.1 Å². The van der Waals surface area contributed by atoms with Crippen LogP contribution in [0.15, 0.2) is 72.2 Å². The molecule has 5 aromatic rings. The first-order chi connectivity index (χ1) is 21.5. The van der Waals surface area contributed by atoms with Crippen molar-refractivity contribution < 1.29 is 13.9 Å². The van der Waals surface area contributed by atoms with E-state index in [0.717, 1.165) is 5.39 Å². The van der Waals surface area contributed by atoms with Crippen LogP contribution in [0.5, 0.6) is 0 Å². The second-order valence-corrected chi connectivity index (χ2v) is 12.0. The van der Waals surface area contributed by atoms with Gasteiger partial charge in [-0.3, -0.25) is 9.78 Å². The zero-order valence-corrected chi connectivity index (χ0v) is 26.2. The topological polar surface area (TPSA) is 98.3 Å². The van der Waals surface area contributed by atoms with Crippen molar-refractivity contribution in [3.8, 4) is 16.9 Å². The monoisotopic (exact) mass is 626 g/mol. The summed E-state index contributed by atoms with van der Waals surface area (Å²) in [6.45, 7) is 12.2. The van der Waals surface area contributed by atoms with E-state index in [1.54, 1.807) is 41.4 Å². The molecule has 0 saturated carbocycles. The first-order valence-electron chi connectivity index (χ1n) is 14.7. The predicted molar refractivity (Wildman–Crippen MR) is 174 cm³/mol. The molecule has 1 aliphatic heterocycles. The predicted octanol–water partition coefficient (Wildman–Crippen LogP) is 5.68. The molecule has 1 saturated heterocycles. The van der Waals surface area contributed by atoms with Gasteiger partial charge in [-0.25, -0.2) is 13.9 Å². The number of carbonyl (C=O) groups excluding carboxylic acids is 1. The Morgan fingerprint density at radius 1 is 1.18 bits per heavy atom. The molecule has 0 unspecified atom stereocenters. The highest BCUT2D eigenvalue weighted by molar-refractivity contribution is 6.35. The molecule has 0 N–H and O–H groups in total. The Hall–Kier alpha value is -4.83. The van der Waals surface area contributed by atoms with Crippen LogP contribution in [0.25, 0.3) is 38.8 Å². The van der Waals surface area contributed by atoms with Crippen molar-refractivity contribution in [2.75, 3.05) is 24.5 Å². The van der Waals surface area contributed by atoms with E-state index in [1.807, 2.05) is 44.7 Å². The van der Waals surface area contributed by atoms with Gasteiger partial charge in [-0.05, 0) is 60.4 Å². The summed E-state index contributed by atoms with van der Waals surface area (Å²) in [6, 6.07) is 13.4. The average molecular weight is 627 g/mol. The van der Waals surface area contributed by atoms with E-state index in [9.17, 15) is 14.8 Å². The first kappa shape index (κ1) is 30.2. The molecule has 6 rings (SSSR count). The highest BCUT2D eigenvalue weighted by Crippen LogP contribution is 2.38. The highest BCUT2D eigenvalue weighted by Gasteiger charge is 2.34. The van der Waals surface area contributed by atoms with Crippen LogP contribution in [-0.4, -0.2) is 51.0 Å². The number of pyridine rings is 2. The Labute approximate surface area is 264 Å². The van der Waals surface area contributed by atoms with Crippen molar-refractivity contribution in [1.29, 1.82) is 0 Å². The molecule has 2 aromatic carbocycles. The average Bonchev–Trinajstić information content (AvgIpc) is 3.01. The molecule has 1 atom stereocenters. The van der Waals surface area contributed by atoms with Crippen molar-refractivity contribution in [1.82, 2.24) is 19.4 Å². The molecule has 0 spiro atoms. The lowest BCUT2D eigenvalue weighted by Crippen LogP contribution is -2.54. The lowest BCUT2D eigenvalue weighted by Gasteiger charge is -2.40. The third-order valence-electron chi connectivity index (χ3n) is 8.40. The molecule has 9 nitrogen and oxygen atoms in total. The van der Waals surface area contributed by atoms with Gasteiger partial charge < -0.3 is 15.0 Å². The van der Waals surface area contributed by atoms with E-state index in [1.165, 1.54) is 16.7 Å². The Balaban J connectivity index is 1.72. The number of fused-ring (bicyclic) bond motifs is 2. The van der Waals surface area contributed by atoms with Gasteiger partial charge in [0.15, 0.2) is 23.0 Å². The van der Waals surface area contributed by atoms with Gasteiger partial charge in [0.2, 0.25) is 5.91 Å². The van der Waals surface area contributed by atoms with Crippen molar-refractivity contribution in [3.63, 3.8) is 0 Å². The molecular formula is C34H32ClFN6O3. The van der Waals surface area contributed by atoms with E-state index < -0.39 is 11.5 Å². The second-order valence-electron chi connectivity index (χ2n) is 11.6. The molecule has 0 bridgehead atoms. The quantitative estimate of drug-likeness (QED) is 0.141. The number of anilines is 1. The number of halogens is 2. The maximum absolute atomic E-state index is 16.5. The lowest BCUT2D eigenvalue weighted by molar-refractivity contribution is -0.569. The number of aromatic nitrogens is 4. The lowest BCUT2D eigenvalue weighted by atomic mass is 10.0. The smallest absolute Gasteiger partial charge is 0.442 e. The molecule has 11 heteroatoms. The van der Waals surface area contributed by atoms with Crippen LogP contribution in [0, 0.1) is 17.9 Å². The number of amides is 1. The number of rotatable bonds is 5. The fourth-order valence-corrected chi connectivity index (χ4v) is 6.51. The summed E-state index contributed by atoms with van der Waals surface area (Å²) in [7, 11) is 0. The van der Waals surface area contributed by atoms with Crippen LogP contribution in [0.4, 0.5) is 10.2 Å². The summed E-state index contributed by atoms with van der Waals surface area (Å²) in [6.07, 6.45) is 2.91. The van der Waals surface area contributed by atoms with Crippen molar-refractivity contribution in [3.05, 3.63) is 105 Å². The minimum absolute atomic E-state index is 0.0970. The Morgan fingerprint density at radius 2 is 1.93 bits per heavy atom. The summed E-state index contributed by atoms with van der Waals surface area (Å²) in [5.41, 5.74) is 0.813. The molecule has 230 valence electrons. The van der Waals surface area contributed by atoms with Gasteiger partial charge in [0.25, 0.3) is 0 Å². The summed E-state index contributed by atoms with van der Waals surface area (Å²) in [5.74, 6) is -0.965. The molecule has 3 aromatic heterocycles.